The van der Waals surface area contributed by atoms with Crippen molar-refractivity contribution in [2.75, 3.05) is 26.7 Å². The van der Waals surface area contributed by atoms with Gasteiger partial charge in [0.05, 0.1) is 18.4 Å². The van der Waals surface area contributed by atoms with Gasteiger partial charge in [-0.2, -0.15) is 0 Å². The molecular weight excluding hydrogens is 260 g/mol. The maximum Gasteiger partial charge on any atom is 0.307 e. The number of carboxylic acid groups (broad SMARTS) is 1. The molecule has 0 bridgehead atoms. The summed E-state index contributed by atoms with van der Waals surface area (Å²) >= 11 is 0. The van der Waals surface area contributed by atoms with Gasteiger partial charge in [0.25, 0.3) is 0 Å². The fourth-order valence-electron chi connectivity index (χ4n) is 3.13. The second kappa shape index (κ2) is 6.24. The third kappa shape index (κ3) is 3.11. The van der Waals surface area contributed by atoms with Crippen LogP contribution in [0.3, 0.4) is 0 Å². The Balaban J connectivity index is 2.08. The Hall–Kier alpha value is -1.59. The van der Waals surface area contributed by atoms with Gasteiger partial charge in [-0.15, -0.1) is 0 Å². The standard InChI is InChI=1S/C14H22N2O4/c1-15-7-4-8-16(9-12(15)17)13(18)10-5-2-3-6-11(10)14(19)20/h10-11H,2-9H2,1H3,(H,19,20). The molecular formula is C14H22N2O4. The number of carbonyl (C=O) groups excluding carboxylic acids is 2. The molecule has 1 N–H and O–H groups in total. The molecule has 2 rings (SSSR count). The van der Waals surface area contributed by atoms with Crippen LogP contribution >= 0.6 is 0 Å². The molecule has 2 amide bonds. The number of likely N-dealkylation sites (N-methyl/N-ethyl adjacent to an activating group) is 1. The maximum absolute atomic E-state index is 12.6. The minimum Gasteiger partial charge on any atom is -0.481 e. The highest BCUT2D eigenvalue weighted by molar-refractivity contribution is 5.89. The molecule has 0 radical (unpaired) electrons. The summed E-state index contributed by atoms with van der Waals surface area (Å²) in [5.74, 6) is -2.16. The van der Waals surface area contributed by atoms with E-state index in [9.17, 15) is 19.5 Å². The van der Waals surface area contributed by atoms with Gasteiger partial charge in [-0.25, -0.2) is 0 Å². The molecule has 2 aliphatic rings. The van der Waals surface area contributed by atoms with E-state index in [0.29, 0.717) is 25.9 Å². The van der Waals surface area contributed by atoms with Crippen LogP contribution in [-0.4, -0.2) is 59.4 Å². The summed E-state index contributed by atoms with van der Waals surface area (Å²) in [4.78, 5) is 38.9. The number of amides is 2. The molecule has 6 heteroatoms. The Bertz CT molecular complexity index is 410. The van der Waals surface area contributed by atoms with Crippen LogP contribution in [0.15, 0.2) is 0 Å². The molecule has 0 aromatic carbocycles. The zero-order valence-corrected chi connectivity index (χ0v) is 11.9. The molecule has 1 aliphatic heterocycles. The Morgan fingerprint density at radius 1 is 1.10 bits per heavy atom. The normalized spacial score (nSPS) is 28.1. The molecule has 1 saturated carbocycles. The van der Waals surface area contributed by atoms with E-state index in [1.807, 2.05) is 0 Å². The van der Waals surface area contributed by atoms with Gasteiger partial charge < -0.3 is 14.9 Å². The number of rotatable bonds is 2. The first-order valence-corrected chi connectivity index (χ1v) is 7.26. The number of nitrogens with zero attached hydrogens (tertiary/aromatic N) is 2. The Kier molecular flexibility index (Phi) is 4.62. The molecule has 6 nitrogen and oxygen atoms in total. The topological polar surface area (TPSA) is 77.9 Å². The van der Waals surface area contributed by atoms with E-state index in [0.717, 1.165) is 19.3 Å². The summed E-state index contributed by atoms with van der Waals surface area (Å²) in [5, 5.41) is 9.26. The molecule has 1 heterocycles. The number of carboxylic acids is 1. The lowest BCUT2D eigenvalue weighted by Gasteiger charge is -2.31. The molecule has 1 saturated heterocycles. The first-order chi connectivity index (χ1) is 9.50. The second-order valence-corrected chi connectivity index (χ2v) is 5.76. The average molecular weight is 282 g/mol. The summed E-state index contributed by atoms with van der Waals surface area (Å²) in [6.07, 6.45) is 3.69. The van der Waals surface area contributed by atoms with Crippen LogP contribution in [0.1, 0.15) is 32.1 Å². The van der Waals surface area contributed by atoms with Gasteiger partial charge in [0.1, 0.15) is 0 Å². The van der Waals surface area contributed by atoms with Gasteiger partial charge in [-0.3, -0.25) is 14.4 Å². The van der Waals surface area contributed by atoms with Crippen LogP contribution < -0.4 is 0 Å². The van der Waals surface area contributed by atoms with Crippen LogP contribution in [0.4, 0.5) is 0 Å². The number of carbonyl (C=O) groups is 3. The predicted octanol–water partition coefficient (Wildman–Crippen LogP) is 0.568. The van der Waals surface area contributed by atoms with Crippen molar-refractivity contribution >= 4 is 17.8 Å². The predicted molar refractivity (Wildman–Crippen MR) is 71.9 cm³/mol. The van der Waals surface area contributed by atoms with Crippen molar-refractivity contribution in [3.63, 3.8) is 0 Å². The Morgan fingerprint density at radius 3 is 2.40 bits per heavy atom. The molecule has 2 atom stereocenters. The molecule has 0 spiro atoms. The minimum atomic E-state index is -0.888. The summed E-state index contributed by atoms with van der Waals surface area (Å²) < 4.78 is 0. The van der Waals surface area contributed by atoms with E-state index >= 15 is 0 Å². The van der Waals surface area contributed by atoms with Crippen molar-refractivity contribution in [2.24, 2.45) is 11.8 Å². The molecule has 2 unspecified atom stereocenters. The minimum absolute atomic E-state index is 0.0708. The Labute approximate surface area is 118 Å². The van der Waals surface area contributed by atoms with E-state index < -0.39 is 17.8 Å². The maximum atomic E-state index is 12.6. The van der Waals surface area contributed by atoms with Crippen LogP contribution in [0, 0.1) is 11.8 Å². The molecule has 0 aromatic rings. The van der Waals surface area contributed by atoms with Gasteiger partial charge >= 0.3 is 5.97 Å². The Morgan fingerprint density at radius 2 is 1.75 bits per heavy atom. The first kappa shape index (κ1) is 14.8. The quantitative estimate of drug-likeness (QED) is 0.803. The lowest BCUT2D eigenvalue weighted by molar-refractivity contribution is -0.153. The molecule has 20 heavy (non-hydrogen) atoms. The summed E-state index contributed by atoms with van der Waals surface area (Å²) in [6.45, 7) is 1.27. The monoisotopic (exact) mass is 282 g/mol. The van der Waals surface area contributed by atoms with E-state index in [4.69, 9.17) is 0 Å². The number of aliphatic carboxylic acids is 1. The molecule has 1 aliphatic carbocycles. The summed E-state index contributed by atoms with van der Waals surface area (Å²) in [7, 11) is 1.73. The van der Waals surface area contributed by atoms with Crippen molar-refractivity contribution in [3.05, 3.63) is 0 Å². The number of hydrogen-bond donors (Lipinski definition) is 1. The molecule has 112 valence electrons. The first-order valence-electron chi connectivity index (χ1n) is 7.26. The molecule has 2 fully saturated rings. The SMILES string of the molecule is CN1CCCN(C(=O)C2CCCCC2C(=O)O)CC1=O. The number of hydrogen-bond acceptors (Lipinski definition) is 3. The smallest absolute Gasteiger partial charge is 0.307 e. The van der Waals surface area contributed by atoms with E-state index in [-0.39, 0.29) is 18.4 Å². The van der Waals surface area contributed by atoms with Gasteiger partial charge in [-0.1, -0.05) is 12.8 Å². The van der Waals surface area contributed by atoms with Crippen LogP contribution in [-0.2, 0) is 14.4 Å². The summed E-state index contributed by atoms with van der Waals surface area (Å²) in [5.41, 5.74) is 0. The van der Waals surface area contributed by atoms with Crippen molar-refractivity contribution in [1.82, 2.24) is 9.80 Å². The van der Waals surface area contributed by atoms with Crippen molar-refractivity contribution < 1.29 is 19.5 Å². The lowest BCUT2D eigenvalue weighted by Crippen LogP contribution is -2.45. The molecule has 0 aromatic heterocycles. The van der Waals surface area contributed by atoms with Crippen molar-refractivity contribution in [1.29, 1.82) is 0 Å². The van der Waals surface area contributed by atoms with Crippen LogP contribution in [0.25, 0.3) is 0 Å². The van der Waals surface area contributed by atoms with Crippen LogP contribution in [0.5, 0.6) is 0 Å². The highest BCUT2D eigenvalue weighted by atomic mass is 16.4. The largest absolute Gasteiger partial charge is 0.481 e. The fraction of sp³-hybridized carbons (Fsp3) is 0.786. The average Bonchev–Trinajstić information content (AvgIpc) is 2.60. The van der Waals surface area contributed by atoms with Gasteiger partial charge in [-0.05, 0) is 19.3 Å². The zero-order chi connectivity index (χ0) is 14.7. The third-order valence-electron chi connectivity index (χ3n) is 4.39. The van der Waals surface area contributed by atoms with Gasteiger partial charge in [0, 0.05) is 20.1 Å². The second-order valence-electron chi connectivity index (χ2n) is 5.76. The lowest BCUT2D eigenvalue weighted by atomic mass is 9.78. The highest BCUT2D eigenvalue weighted by Gasteiger charge is 2.38. The van der Waals surface area contributed by atoms with Crippen LogP contribution in [0.2, 0.25) is 0 Å². The van der Waals surface area contributed by atoms with Crippen molar-refractivity contribution in [3.8, 4) is 0 Å². The highest BCUT2D eigenvalue weighted by Crippen LogP contribution is 2.32. The van der Waals surface area contributed by atoms with Crippen molar-refractivity contribution in [2.45, 2.75) is 32.1 Å². The van der Waals surface area contributed by atoms with Gasteiger partial charge in [0.15, 0.2) is 0 Å². The zero-order valence-electron chi connectivity index (χ0n) is 11.9. The van der Waals surface area contributed by atoms with Gasteiger partial charge in [0.2, 0.25) is 11.8 Å². The fourth-order valence-corrected chi connectivity index (χ4v) is 3.13. The van der Waals surface area contributed by atoms with E-state index in [1.165, 1.54) is 0 Å². The van der Waals surface area contributed by atoms with E-state index in [2.05, 4.69) is 0 Å². The summed E-state index contributed by atoms with van der Waals surface area (Å²) in [6, 6.07) is 0. The third-order valence-corrected chi connectivity index (χ3v) is 4.39. The van der Waals surface area contributed by atoms with E-state index in [1.54, 1.807) is 16.8 Å².